The third kappa shape index (κ3) is 5.02. The molecule has 0 fully saturated rings. The van der Waals surface area contributed by atoms with Crippen LogP contribution >= 0.6 is 15.9 Å². The first kappa shape index (κ1) is 18.9. The topological polar surface area (TPSA) is 85.1 Å². The molecule has 1 aromatic carbocycles. The van der Waals surface area contributed by atoms with Crippen LogP contribution in [0.4, 0.5) is 13.2 Å². The number of aromatic nitrogens is 1. The zero-order chi connectivity index (χ0) is 18.6. The minimum absolute atomic E-state index is 0.0501. The average molecular weight is 416 g/mol. The SMILES string of the molecule is NC(=O)[C@@H](Cc1cccnc1Br)NC(=O)c1cccc(C(F)(F)F)c1. The molecule has 2 aromatic rings. The number of benzene rings is 1. The Morgan fingerprint density at radius 2 is 1.96 bits per heavy atom. The molecule has 0 bridgehead atoms. The summed E-state index contributed by atoms with van der Waals surface area (Å²) in [7, 11) is 0. The minimum Gasteiger partial charge on any atom is -0.368 e. The molecule has 0 aliphatic carbocycles. The molecule has 5 nitrogen and oxygen atoms in total. The maximum atomic E-state index is 12.7. The lowest BCUT2D eigenvalue weighted by Gasteiger charge is -2.16. The molecule has 0 radical (unpaired) electrons. The predicted octanol–water partition coefficient (Wildman–Crippen LogP) is 2.69. The van der Waals surface area contributed by atoms with Gasteiger partial charge in [-0.3, -0.25) is 9.59 Å². The summed E-state index contributed by atoms with van der Waals surface area (Å²) < 4.78 is 38.7. The average Bonchev–Trinajstić information content (AvgIpc) is 2.55. The summed E-state index contributed by atoms with van der Waals surface area (Å²) in [5, 5.41) is 2.36. The van der Waals surface area contributed by atoms with E-state index in [1.165, 1.54) is 12.3 Å². The first-order valence-electron chi connectivity index (χ1n) is 7.05. The first-order valence-corrected chi connectivity index (χ1v) is 7.84. The smallest absolute Gasteiger partial charge is 0.368 e. The van der Waals surface area contributed by atoms with Crippen molar-refractivity contribution in [2.75, 3.05) is 0 Å². The maximum absolute atomic E-state index is 12.7. The summed E-state index contributed by atoms with van der Waals surface area (Å²) >= 11 is 3.22. The Morgan fingerprint density at radius 1 is 1.24 bits per heavy atom. The van der Waals surface area contributed by atoms with Gasteiger partial charge in [0.2, 0.25) is 5.91 Å². The number of primary amides is 1. The number of amides is 2. The molecular weight excluding hydrogens is 403 g/mol. The van der Waals surface area contributed by atoms with Crippen molar-refractivity contribution >= 4 is 27.7 Å². The number of nitrogens with one attached hydrogen (secondary N) is 1. The number of hydrogen-bond acceptors (Lipinski definition) is 3. The number of hydrogen-bond donors (Lipinski definition) is 2. The Morgan fingerprint density at radius 3 is 2.56 bits per heavy atom. The van der Waals surface area contributed by atoms with Crippen LogP contribution in [0.3, 0.4) is 0 Å². The number of alkyl halides is 3. The lowest BCUT2D eigenvalue weighted by atomic mass is 10.1. The van der Waals surface area contributed by atoms with E-state index >= 15 is 0 Å². The molecule has 3 N–H and O–H groups in total. The molecule has 132 valence electrons. The van der Waals surface area contributed by atoms with Crippen LogP contribution < -0.4 is 11.1 Å². The van der Waals surface area contributed by atoms with Gasteiger partial charge in [-0.1, -0.05) is 12.1 Å². The zero-order valence-electron chi connectivity index (χ0n) is 12.7. The lowest BCUT2D eigenvalue weighted by Crippen LogP contribution is -2.46. The second-order valence-electron chi connectivity index (χ2n) is 5.16. The molecule has 9 heteroatoms. The van der Waals surface area contributed by atoms with E-state index in [-0.39, 0.29) is 12.0 Å². The molecule has 2 rings (SSSR count). The standard InChI is InChI=1S/C16H13BrF3N3O2/c17-13-9(4-2-6-22-13)8-12(14(21)24)23-15(25)10-3-1-5-11(7-10)16(18,19)20/h1-7,12H,8H2,(H2,21,24)(H,23,25)/t12-/m1/s1. The Bertz CT molecular complexity index is 796. The molecular formula is C16H13BrF3N3O2. The van der Waals surface area contributed by atoms with E-state index in [0.717, 1.165) is 12.1 Å². The summed E-state index contributed by atoms with van der Waals surface area (Å²) in [6.45, 7) is 0. The number of halogens is 4. The number of rotatable bonds is 5. The van der Waals surface area contributed by atoms with Crippen LogP contribution in [-0.2, 0) is 17.4 Å². The van der Waals surface area contributed by atoms with Gasteiger partial charge in [-0.05, 0) is 45.8 Å². The van der Waals surface area contributed by atoms with Gasteiger partial charge in [0.1, 0.15) is 10.6 Å². The molecule has 1 aromatic heterocycles. The van der Waals surface area contributed by atoms with Gasteiger partial charge in [0.05, 0.1) is 5.56 Å². The lowest BCUT2D eigenvalue weighted by molar-refractivity contribution is -0.137. The van der Waals surface area contributed by atoms with E-state index < -0.39 is 29.6 Å². The highest BCUT2D eigenvalue weighted by atomic mass is 79.9. The van der Waals surface area contributed by atoms with E-state index in [4.69, 9.17) is 5.73 Å². The van der Waals surface area contributed by atoms with Crippen LogP contribution in [0.1, 0.15) is 21.5 Å². The van der Waals surface area contributed by atoms with E-state index in [2.05, 4.69) is 26.2 Å². The number of nitrogens with zero attached hydrogens (tertiary/aromatic N) is 1. The fraction of sp³-hybridized carbons (Fsp3) is 0.188. The van der Waals surface area contributed by atoms with Gasteiger partial charge in [0.25, 0.3) is 5.91 Å². The van der Waals surface area contributed by atoms with Crippen molar-refractivity contribution in [2.45, 2.75) is 18.6 Å². The van der Waals surface area contributed by atoms with Crippen molar-refractivity contribution < 1.29 is 22.8 Å². The van der Waals surface area contributed by atoms with Crippen molar-refractivity contribution in [1.82, 2.24) is 10.3 Å². The molecule has 0 saturated carbocycles. The zero-order valence-corrected chi connectivity index (χ0v) is 14.3. The maximum Gasteiger partial charge on any atom is 0.416 e. The Balaban J connectivity index is 2.18. The first-order chi connectivity index (χ1) is 11.7. The molecule has 0 saturated heterocycles. The van der Waals surface area contributed by atoms with Crippen molar-refractivity contribution in [1.29, 1.82) is 0 Å². The van der Waals surface area contributed by atoms with Gasteiger partial charge < -0.3 is 11.1 Å². The van der Waals surface area contributed by atoms with Crippen LogP contribution in [0.5, 0.6) is 0 Å². The van der Waals surface area contributed by atoms with E-state index in [9.17, 15) is 22.8 Å². The van der Waals surface area contributed by atoms with E-state index in [1.807, 2.05) is 0 Å². The van der Waals surface area contributed by atoms with Crippen LogP contribution in [0.15, 0.2) is 47.2 Å². The molecule has 25 heavy (non-hydrogen) atoms. The number of carbonyl (C=O) groups is 2. The van der Waals surface area contributed by atoms with Crippen LogP contribution in [-0.4, -0.2) is 22.8 Å². The second kappa shape index (κ2) is 7.64. The Labute approximate surface area is 149 Å². The number of nitrogens with two attached hydrogens (primary N) is 1. The van der Waals surface area contributed by atoms with E-state index in [1.54, 1.807) is 12.1 Å². The van der Waals surface area contributed by atoms with Crippen molar-refractivity contribution in [2.24, 2.45) is 5.73 Å². The molecule has 0 spiro atoms. The summed E-state index contributed by atoms with van der Waals surface area (Å²) in [6, 6.07) is 6.15. The summed E-state index contributed by atoms with van der Waals surface area (Å²) in [4.78, 5) is 27.8. The summed E-state index contributed by atoms with van der Waals surface area (Å²) in [5.74, 6) is -1.63. The van der Waals surface area contributed by atoms with Crippen molar-refractivity contribution in [3.63, 3.8) is 0 Å². The van der Waals surface area contributed by atoms with Crippen molar-refractivity contribution in [3.8, 4) is 0 Å². The number of pyridine rings is 1. The minimum atomic E-state index is -4.57. The van der Waals surface area contributed by atoms with Gasteiger partial charge in [-0.25, -0.2) is 4.98 Å². The molecule has 2 amide bonds. The Kier molecular flexibility index (Phi) is 5.78. The molecule has 0 unspecified atom stereocenters. The van der Waals surface area contributed by atoms with Crippen molar-refractivity contribution in [3.05, 3.63) is 63.9 Å². The summed E-state index contributed by atoms with van der Waals surface area (Å²) in [6.07, 6.45) is -2.98. The Hall–Kier alpha value is -2.42. The van der Waals surface area contributed by atoms with Gasteiger partial charge in [0.15, 0.2) is 0 Å². The molecule has 0 aliphatic rings. The number of carbonyl (C=O) groups excluding carboxylic acids is 2. The van der Waals surface area contributed by atoms with Gasteiger partial charge in [-0.15, -0.1) is 0 Å². The van der Waals surface area contributed by atoms with Gasteiger partial charge in [-0.2, -0.15) is 13.2 Å². The van der Waals surface area contributed by atoms with Gasteiger partial charge >= 0.3 is 6.18 Å². The molecule has 1 heterocycles. The largest absolute Gasteiger partial charge is 0.416 e. The monoisotopic (exact) mass is 415 g/mol. The van der Waals surface area contributed by atoms with Crippen LogP contribution in [0, 0.1) is 0 Å². The summed E-state index contributed by atoms with van der Waals surface area (Å²) in [5.41, 5.74) is 4.74. The van der Waals surface area contributed by atoms with Gasteiger partial charge in [0, 0.05) is 18.2 Å². The second-order valence-corrected chi connectivity index (χ2v) is 5.92. The van der Waals surface area contributed by atoms with Crippen LogP contribution in [0.25, 0.3) is 0 Å². The predicted molar refractivity (Wildman–Crippen MR) is 87.5 cm³/mol. The fourth-order valence-electron chi connectivity index (χ4n) is 2.09. The highest BCUT2D eigenvalue weighted by Crippen LogP contribution is 2.29. The van der Waals surface area contributed by atoms with E-state index in [0.29, 0.717) is 16.2 Å². The normalized spacial score (nSPS) is 12.5. The third-order valence-electron chi connectivity index (χ3n) is 3.36. The highest BCUT2D eigenvalue weighted by molar-refractivity contribution is 9.10. The van der Waals surface area contributed by atoms with Crippen LogP contribution in [0.2, 0.25) is 0 Å². The third-order valence-corrected chi connectivity index (χ3v) is 4.08. The quantitative estimate of drug-likeness (QED) is 0.736. The fourth-order valence-corrected chi connectivity index (χ4v) is 2.50. The molecule has 1 atom stereocenters. The highest BCUT2D eigenvalue weighted by Gasteiger charge is 2.31. The molecule has 0 aliphatic heterocycles.